The number of para-hydroxylation sites is 1. The van der Waals surface area contributed by atoms with Gasteiger partial charge in [-0.05, 0) is 17.2 Å². The summed E-state index contributed by atoms with van der Waals surface area (Å²) in [5.74, 6) is 0. The van der Waals surface area contributed by atoms with E-state index in [1.54, 1.807) is 0 Å². The van der Waals surface area contributed by atoms with E-state index in [1.807, 2.05) is 6.07 Å². The van der Waals surface area contributed by atoms with E-state index in [0.29, 0.717) is 0 Å². The van der Waals surface area contributed by atoms with Crippen LogP contribution in [-0.2, 0) is 6.54 Å². The number of hydrogen-bond acceptors (Lipinski definition) is 2. The lowest BCUT2D eigenvalue weighted by molar-refractivity contribution is 0.566. The summed E-state index contributed by atoms with van der Waals surface area (Å²) >= 11 is 0. The van der Waals surface area contributed by atoms with Crippen LogP contribution < -0.4 is 10.6 Å². The Kier molecular flexibility index (Phi) is 2.35. The smallest absolute Gasteiger partial charge is 0.103 e. The van der Waals surface area contributed by atoms with Crippen LogP contribution in [0.4, 0.5) is 5.69 Å². The van der Waals surface area contributed by atoms with Crippen LogP contribution in [0, 0.1) is 0 Å². The Morgan fingerprint density at radius 2 is 1.62 bits per heavy atom. The Bertz CT molecular complexity index is 479. The predicted octanol–water partition coefficient (Wildman–Crippen LogP) is 2.90. The molecule has 0 amide bonds. The monoisotopic (exact) mass is 210 g/mol. The molecule has 16 heavy (non-hydrogen) atoms. The van der Waals surface area contributed by atoms with Gasteiger partial charge in [0.15, 0.2) is 0 Å². The Labute approximate surface area is 95.3 Å². The molecule has 0 bridgehead atoms. The first kappa shape index (κ1) is 9.43. The summed E-state index contributed by atoms with van der Waals surface area (Å²) in [4.78, 5) is 0. The highest BCUT2D eigenvalue weighted by molar-refractivity contribution is 5.54. The standard InChI is InChI=1S/C14H14N2/c1-2-6-11(7-3-1)14-15-10-12-8-4-5-9-13(12)16-14/h1-9,14-16H,10H2/t14-/m1/s1. The average Bonchev–Trinajstić information content (AvgIpc) is 2.39. The predicted molar refractivity (Wildman–Crippen MR) is 66.1 cm³/mol. The van der Waals surface area contributed by atoms with Gasteiger partial charge in [0.25, 0.3) is 0 Å². The van der Waals surface area contributed by atoms with Gasteiger partial charge >= 0.3 is 0 Å². The van der Waals surface area contributed by atoms with Crippen LogP contribution in [0.2, 0.25) is 0 Å². The lowest BCUT2D eigenvalue weighted by atomic mass is 10.1. The average molecular weight is 210 g/mol. The maximum atomic E-state index is 3.50. The van der Waals surface area contributed by atoms with E-state index < -0.39 is 0 Å². The minimum atomic E-state index is 0.219. The SMILES string of the molecule is c1ccc([C@@H]2NCc3ccccc3N2)cc1. The Morgan fingerprint density at radius 1 is 0.875 bits per heavy atom. The fourth-order valence-corrected chi connectivity index (χ4v) is 2.08. The molecule has 0 fully saturated rings. The van der Waals surface area contributed by atoms with E-state index in [9.17, 15) is 0 Å². The van der Waals surface area contributed by atoms with Crippen molar-refractivity contribution in [2.45, 2.75) is 12.7 Å². The molecule has 0 saturated heterocycles. The molecule has 0 aliphatic carbocycles. The molecular weight excluding hydrogens is 196 g/mol. The lowest BCUT2D eigenvalue weighted by Gasteiger charge is -2.28. The molecule has 1 atom stereocenters. The first-order valence-corrected chi connectivity index (χ1v) is 5.56. The van der Waals surface area contributed by atoms with Gasteiger partial charge in [-0.25, -0.2) is 0 Å². The molecule has 0 radical (unpaired) electrons. The van der Waals surface area contributed by atoms with E-state index in [0.717, 1.165) is 6.54 Å². The fourth-order valence-electron chi connectivity index (χ4n) is 2.08. The van der Waals surface area contributed by atoms with Gasteiger partial charge in [0.1, 0.15) is 6.17 Å². The molecule has 2 N–H and O–H groups in total. The molecule has 2 nitrogen and oxygen atoms in total. The Morgan fingerprint density at radius 3 is 2.50 bits per heavy atom. The Balaban J connectivity index is 1.89. The second-order valence-corrected chi connectivity index (χ2v) is 4.03. The molecule has 1 heterocycles. The van der Waals surface area contributed by atoms with Crippen molar-refractivity contribution in [3.05, 3.63) is 65.7 Å². The third-order valence-corrected chi connectivity index (χ3v) is 2.95. The third kappa shape index (κ3) is 1.68. The van der Waals surface area contributed by atoms with Crippen LogP contribution in [-0.4, -0.2) is 0 Å². The van der Waals surface area contributed by atoms with Crippen LogP contribution in [0.5, 0.6) is 0 Å². The van der Waals surface area contributed by atoms with Crippen LogP contribution in [0.1, 0.15) is 17.3 Å². The number of nitrogens with one attached hydrogen (secondary N) is 2. The molecule has 80 valence electrons. The molecule has 2 aromatic carbocycles. The first-order valence-electron chi connectivity index (χ1n) is 5.56. The molecule has 3 rings (SSSR count). The topological polar surface area (TPSA) is 24.1 Å². The van der Waals surface area contributed by atoms with Crippen LogP contribution in [0.3, 0.4) is 0 Å². The fraction of sp³-hybridized carbons (Fsp3) is 0.143. The van der Waals surface area contributed by atoms with Crippen molar-refractivity contribution in [3.63, 3.8) is 0 Å². The number of hydrogen-bond donors (Lipinski definition) is 2. The van der Waals surface area contributed by atoms with Crippen molar-refractivity contribution >= 4 is 5.69 Å². The van der Waals surface area contributed by atoms with E-state index >= 15 is 0 Å². The van der Waals surface area contributed by atoms with Gasteiger partial charge in [-0.3, -0.25) is 5.32 Å². The largest absolute Gasteiger partial charge is 0.366 e. The van der Waals surface area contributed by atoms with Crippen molar-refractivity contribution in [2.24, 2.45) is 0 Å². The van der Waals surface area contributed by atoms with Crippen molar-refractivity contribution in [2.75, 3.05) is 5.32 Å². The summed E-state index contributed by atoms with van der Waals surface area (Å²) < 4.78 is 0. The summed E-state index contributed by atoms with van der Waals surface area (Å²) in [6, 6.07) is 18.9. The highest BCUT2D eigenvalue weighted by Gasteiger charge is 2.16. The highest BCUT2D eigenvalue weighted by Crippen LogP contribution is 2.25. The second kappa shape index (κ2) is 3.99. The minimum Gasteiger partial charge on any atom is -0.366 e. The summed E-state index contributed by atoms with van der Waals surface area (Å²) in [6.07, 6.45) is 0.219. The van der Waals surface area contributed by atoms with Crippen molar-refractivity contribution in [3.8, 4) is 0 Å². The van der Waals surface area contributed by atoms with Crippen LogP contribution in [0.25, 0.3) is 0 Å². The number of fused-ring (bicyclic) bond motifs is 1. The minimum absolute atomic E-state index is 0.219. The van der Waals surface area contributed by atoms with Gasteiger partial charge in [-0.2, -0.15) is 0 Å². The highest BCUT2D eigenvalue weighted by atomic mass is 15.1. The molecular formula is C14H14N2. The van der Waals surface area contributed by atoms with E-state index in [2.05, 4.69) is 59.2 Å². The molecule has 0 unspecified atom stereocenters. The molecule has 0 saturated carbocycles. The summed E-state index contributed by atoms with van der Waals surface area (Å²) in [5, 5.41) is 6.98. The maximum absolute atomic E-state index is 3.50. The van der Waals surface area contributed by atoms with E-state index in [-0.39, 0.29) is 6.17 Å². The molecule has 0 spiro atoms. The zero-order chi connectivity index (χ0) is 10.8. The van der Waals surface area contributed by atoms with Gasteiger partial charge in [0, 0.05) is 12.2 Å². The second-order valence-electron chi connectivity index (χ2n) is 4.03. The lowest BCUT2D eigenvalue weighted by Crippen LogP contribution is -2.32. The maximum Gasteiger partial charge on any atom is 0.103 e. The van der Waals surface area contributed by atoms with Crippen molar-refractivity contribution in [1.82, 2.24) is 5.32 Å². The molecule has 2 heteroatoms. The van der Waals surface area contributed by atoms with E-state index in [4.69, 9.17) is 0 Å². The van der Waals surface area contributed by atoms with Gasteiger partial charge in [0.05, 0.1) is 0 Å². The third-order valence-electron chi connectivity index (χ3n) is 2.95. The first-order chi connectivity index (χ1) is 7.93. The molecule has 0 aromatic heterocycles. The number of anilines is 1. The van der Waals surface area contributed by atoms with Gasteiger partial charge < -0.3 is 5.32 Å². The van der Waals surface area contributed by atoms with Crippen molar-refractivity contribution < 1.29 is 0 Å². The summed E-state index contributed by atoms with van der Waals surface area (Å²) in [6.45, 7) is 0.919. The van der Waals surface area contributed by atoms with Crippen molar-refractivity contribution in [1.29, 1.82) is 0 Å². The molecule has 1 aliphatic rings. The number of benzene rings is 2. The molecule has 2 aromatic rings. The van der Waals surface area contributed by atoms with E-state index in [1.165, 1.54) is 16.8 Å². The zero-order valence-electron chi connectivity index (χ0n) is 8.98. The van der Waals surface area contributed by atoms with Gasteiger partial charge in [-0.1, -0.05) is 48.5 Å². The normalized spacial score (nSPS) is 18.6. The van der Waals surface area contributed by atoms with Crippen LogP contribution in [0.15, 0.2) is 54.6 Å². The zero-order valence-corrected chi connectivity index (χ0v) is 8.98. The van der Waals surface area contributed by atoms with Crippen LogP contribution >= 0.6 is 0 Å². The summed E-state index contributed by atoms with van der Waals surface area (Å²) in [5.41, 5.74) is 3.83. The summed E-state index contributed by atoms with van der Waals surface area (Å²) in [7, 11) is 0. The number of rotatable bonds is 1. The molecule has 1 aliphatic heterocycles. The van der Waals surface area contributed by atoms with Gasteiger partial charge in [-0.15, -0.1) is 0 Å². The van der Waals surface area contributed by atoms with Gasteiger partial charge in [0.2, 0.25) is 0 Å². The Hall–Kier alpha value is -1.80. The quantitative estimate of drug-likeness (QED) is 0.756.